The van der Waals surface area contributed by atoms with Crippen LogP contribution in [0.5, 0.6) is 0 Å². The molecule has 0 heterocycles. The number of likely N-dealkylation sites (N-methyl/N-ethyl adjacent to an activating group) is 1. The summed E-state index contributed by atoms with van der Waals surface area (Å²) in [5.74, 6) is -1.27. The van der Waals surface area contributed by atoms with Crippen LogP contribution in [0.2, 0.25) is 0 Å². The summed E-state index contributed by atoms with van der Waals surface area (Å²) in [6, 6.07) is 10.1. The molecule has 1 aromatic carbocycles. The van der Waals surface area contributed by atoms with Crippen molar-refractivity contribution in [3.8, 4) is 0 Å². The minimum absolute atomic E-state index is 0.0492. The molecular weight excluding hydrogens is 304 g/mol. The molecule has 0 aromatic heterocycles. The predicted molar refractivity (Wildman–Crippen MR) is 95.1 cm³/mol. The van der Waals surface area contributed by atoms with E-state index < -0.39 is 11.9 Å². The largest absolute Gasteiger partial charge is 0.481 e. The zero-order valence-electron chi connectivity index (χ0n) is 14.6. The van der Waals surface area contributed by atoms with Crippen LogP contribution in [0.25, 0.3) is 0 Å². The van der Waals surface area contributed by atoms with E-state index in [0.717, 1.165) is 31.4 Å². The molecule has 5 heteroatoms. The molecule has 1 saturated carbocycles. The number of rotatable bonds is 7. The first-order chi connectivity index (χ1) is 11.5. The summed E-state index contributed by atoms with van der Waals surface area (Å²) < 4.78 is 0. The molecule has 1 fully saturated rings. The molecule has 24 heavy (non-hydrogen) atoms. The van der Waals surface area contributed by atoms with Gasteiger partial charge in [0.2, 0.25) is 5.91 Å². The fraction of sp³-hybridized carbons (Fsp3) is 0.579. The molecule has 0 spiro atoms. The molecule has 1 aliphatic rings. The minimum atomic E-state index is -0.832. The van der Waals surface area contributed by atoms with Crippen LogP contribution in [0.4, 0.5) is 5.69 Å². The van der Waals surface area contributed by atoms with E-state index in [1.165, 1.54) is 6.42 Å². The summed E-state index contributed by atoms with van der Waals surface area (Å²) in [7, 11) is 1.81. The highest BCUT2D eigenvalue weighted by molar-refractivity contribution is 5.95. The predicted octanol–water partition coefficient (Wildman–Crippen LogP) is 3.00. The quantitative estimate of drug-likeness (QED) is 0.834. The van der Waals surface area contributed by atoms with Crippen molar-refractivity contribution in [2.45, 2.75) is 45.1 Å². The van der Waals surface area contributed by atoms with Gasteiger partial charge in [-0.2, -0.15) is 0 Å². The van der Waals surface area contributed by atoms with Crippen LogP contribution in [0.3, 0.4) is 0 Å². The Hall–Kier alpha value is -1.88. The summed E-state index contributed by atoms with van der Waals surface area (Å²) in [6.07, 6.45) is 5.63. The first-order valence-electron chi connectivity index (χ1n) is 8.77. The van der Waals surface area contributed by atoms with Gasteiger partial charge in [-0.1, -0.05) is 44.4 Å². The van der Waals surface area contributed by atoms with E-state index in [4.69, 9.17) is 5.11 Å². The summed E-state index contributed by atoms with van der Waals surface area (Å²) in [4.78, 5) is 27.7. The Labute approximate surface area is 144 Å². The number of benzene rings is 1. The molecule has 1 atom stereocenters. The van der Waals surface area contributed by atoms with Crippen molar-refractivity contribution in [3.05, 3.63) is 30.3 Å². The van der Waals surface area contributed by atoms with E-state index in [1.807, 2.05) is 35.2 Å². The molecule has 0 bridgehead atoms. The first-order valence-corrected chi connectivity index (χ1v) is 8.77. The second kappa shape index (κ2) is 8.83. The number of amides is 1. The number of nitrogens with zero attached hydrogens (tertiary/aromatic N) is 2. The maximum absolute atomic E-state index is 12.9. The van der Waals surface area contributed by atoms with Crippen molar-refractivity contribution in [2.75, 3.05) is 25.0 Å². The maximum atomic E-state index is 12.9. The smallest absolute Gasteiger partial charge is 0.307 e. The van der Waals surface area contributed by atoms with Crippen molar-refractivity contribution in [1.29, 1.82) is 0 Å². The molecular formula is C19H28N2O3. The number of carbonyl (C=O) groups excluding carboxylic acids is 1. The number of carboxylic acids is 1. The van der Waals surface area contributed by atoms with Gasteiger partial charge in [-0.25, -0.2) is 0 Å². The number of hydrogen-bond acceptors (Lipinski definition) is 3. The highest BCUT2D eigenvalue weighted by Crippen LogP contribution is 2.27. The van der Waals surface area contributed by atoms with E-state index in [-0.39, 0.29) is 18.5 Å². The van der Waals surface area contributed by atoms with Crippen LogP contribution < -0.4 is 4.90 Å². The highest BCUT2D eigenvalue weighted by atomic mass is 16.4. The third kappa shape index (κ3) is 5.06. The van der Waals surface area contributed by atoms with E-state index in [0.29, 0.717) is 6.54 Å². The van der Waals surface area contributed by atoms with E-state index in [2.05, 4.69) is 0 Å². The lowest BCUT2D eigenvalue weighted by molar-refractivity contribution is -0.142. The van der Waals surface area contributed by atoms with Gasteiger partial charge in [0.05, 0.1) is 12.5 Å². The van der Waals surface area contributed by atoms with Gasteiger partial charge in [-0.3, -0.25) is 14.5 Å². The lowest BCUT2D eigenvalue weighted by atomic mass is 9.93. The molecule has 1 unspecified atom stereocenters. The molecule has 1 amide bonds. The van der Waals surface area contributed by atoms with Gasteiger partial charge in [-0.05, 0) is 32.0 Å². The van der Waals surface area contributed by atoms with Crippen LogP contribution >= 0.6 is 0 Å². The zero-order chi connectivity index (χ0) is 17.5. The third-order valence-corrected chi connectivity index (χ3v) is 4.66. The number of para-hydroxylation sites is 1. The van der Waals surface area contributed by atoms with Gasteiger partial charge in [0.15, 0.2) is 0 Å². The normalized spacial score (nSPS) is 16.8. The SMILES string of the molecule is CC(CN(C)CC(=O)N(c1ccccc1)C1CCCCC1)C(=O)O. The third-order valence-electron chi connectivity index (χ3n) is 4.66. The monoisotopic (exact) mass is 332 g/mol. The Kier molecular flexibility index (Phi) is 6.79. The van der Waals surface area contributed by atoms with E-state index in [1.54, 1.807) is 18.9 Å². The van der Waals surface area contributed by atoms with Gasteiger partial charge in [-0.15, -0.1) is 0 Å². The standard InChI is InChI=1S/C19H28N2O3/c1-15(19(23)24)13-20(2)14-18(22)21(16-9-5-3-6-10-16)17-11-7-4-8-12-17/h3,5-6,9-10,15,17H,4,7-8,11-14H2,1-2H3,(H,23,24). The average Bonchev–Trinajstić information content (AvgIpc) is 2.56. The molecule has 1 aromatic rings. The number of aliphatic carboxylic acids is 1. The molecule has 132 valence electrons. The lowest BCUT2D eigenvalue weighted by Crippen LogP contribution is -2.46. The van der Waals surface area contributed by atoms with E-state index in [9.17, 15) is 9.59 Å². The lowest BCUT2D eigenvalue weighted by Gasteiger charge is -2.35. The van der Waals surface area contributed by atoms with E-state index >= 15 is 0 Å². The molecule has 2 rings (SSSR count). The Morgan fingerprint density at radius 1 is 1.17 bits per heavy atom. The van der Waals surface area contributed by atoms with Crippen LogP contribution in [0.1, 0.15) is 39.0 Å². The summed E-state index contributed by atoms with van der Waals surface area (Å²) >= 11 is 0. The van der Waals surface area contributed by atoms with Crippen molar-refractivity contribution >= 4 is 17.6 Å². The van der Waals surface area contributed by atoms with Gasteiger partial charge in [0, 0.05) is 18.3 Å². The first kappa shape index (κ1) is 18.5. The minimum Gasteiger partial charge on any atom is -0.481 e. The number of carboxylic acid groups (broad SMARTS) is 1. The second-order valence-corrected chi connectivity index (χ2v) is 6.83. The van der Waals surface area contributed by atoms with Gasteiger partial charge < -0.3 is 10.0 Å². The van der Waals surface area contributed by atoms with Gasteiger partial charge in [0.1, 0.15) is 0 Å². The second-order valence-electron chi connectivity index (χ2n) is 6.83. The highest BCUT2D eigenvalue weighted by Gasteiger charge is 2.27. The van der Waals surface area contributed by atoms with Crippen molar-refractivity contribution < 1.29 is 14.7 Å². The summed E-state index contributed by atoms with van der Waals surface area (Å²) in [6.45, 7) is 2.27. The topological polar surface area (TPSA) is 60.9 Å². The molecule has 0 aliphatic heterocycles. The average molecular weight is 332 g/mol. The Morgan fingerprint density at radius 3 is 2.38 bits per heavy atom. The summed E-state index contributed by atoms with van der Waals surface area (Å²) in [5, 5.41) is 9.03. The van der Waals surface area contributed by atoms with Crippen LogP contribution in [-0.4, -0.2) is 48.1 Å². The molecule has 5 nitrogen and oxygen atoms in total. The number of carbonyl (C=O) groups is 2. The number of hydrogen-bond donors (Lipinski definition) is 1. The van der Waals surface area contributed by atoms with Crippen LogP contribution in [0, 0.1) is 5.92 Å². The number of anilines is 1. The van der Waals surface area contributed by atoms with Crippen molar-refractivity contribution in [2.24, 2.45) is 5.92 Å². The maximum Gasteiger partial charge on any atom is 0.307 e. The van der Waals surface area contributed by atoms with Gasteiger partial charge >= 0.3 is 5.97 Å². The fourth-order valence-electron chi connectivity index (χ4n) is 3.40. The van der Waals surface area contributed by atoms with Crippen molar-refractivity contribution in [3.63, 3.8) is 0 Å². The Morgan fingerprint density at radius 2 is 1.79 bits per heavy atom. The molecule has 1 aliphatic carbocycles. The van der Waals surface area contributed by atoms with Crippen LogP contribution in [-0.2, 0) is 9.59 Å². The fourth-order valence-corrected chi connectivity index (χ4v) is 3.40. The van der Waals surface area contributed by atoms with Gasteiger partial charge in [0.25, 0.3) is 0 Å². The molecule has 0 saturated heterocycles. The Bertz CT molecular complexity index is 541. The molecule has 0 radical (unpaired) electrons. The van der Waals surface area contributed by atoms with Crippen molar-refractivity contribution in [1.82, 2.24) is 4.90 Å². The zero-order valence-corrected chi connectivity index (χ0v) is 14.6. The molecule has 1 N–H and O–H groups in total. The van der Waals surface area contributed by atoms with Crippen LogP contribution in [0.15, 0.2) is 30.3 Å². The Balaban J connectivity index is 2.08. The summed E-state index contributed by atoms with van der Waals surface area (Å²) in [5.41, 5.74) is 0.939.